The fraction of sp³-hybridized carbons (Fsp3) is 0.409. The number of halogens is 1. The summed E-state index contributed by atoms with van der Waals surface area (Å²) in [5.74, 6) is -1.01. The van der Waals surface area contributed by atoms with Crippen LogP contribution in [0.15, 0.2) is 60.7 Å². The molecule has 0 spiro atoms. The molecule has 4 nitrogen and oxygen atoms in total. The van der Waals surface area contributed by atoms with Gasteiger partial charge in [-0.2, -0.15) is 0 Å². The minimum absolute atomic E-state index is 0.173. The molecule has 2 atom stereocenters. The van der Waals surface area contributed by atoms with Gasteiger partial charge >= 0.3 is 5.97 Å². The number of rotatable bonds is 9. The molecule has 0 aliphatic heterocycles. The first-order valence-electron chi connectivity index (χ1n) is 9.45. The number of aliphatic carboxylic acids is 1. The van der Waals surface area contributed by atoms with Gasteiger partial charge in [0, 0.05) is 5.33 Å². The van der Waals surface area contributed by atoms with Crippen molar-refractivity contribution in [3.8, 4) is 0 Å². The SMILES string of the molecule is CC(C)(C)[Si](OC(CBr)CC(O)CC(=O)O)(c1ccccc1)c1ccccc1. The van der Waals surface area contributed by atoms with Gasteiger partial charge in [0.25, 0.3) is 8.32 Å². The van der Waals surface area contributed by atoms with Gasteiger partial charge in [0.05, 0.1) is 18.6 Å². The Balaban J connectivity index is 2.53. The van der Waals surface area contributed by atoms with Crippen LogP contribution in [0.4, 0.5) is 0 Å². The van der Waals surface area contributed by atoms with Crippen LogP contribution >= 0.6 is 15.9 Å². The van der Waals surface area contributed by atoms with Crippen LogP contribution < -0.4 is 10.4 Å². The second-order valence-electron chi connectivity index (χ2n) is 8.04. The molecule has 0 bridgehead atoms. The predicted molar refractivity (Wildman–Crippen MR) is 119 cm³/mol. The molecule has 2 unspecified atom stereocenters. The Hall–Kier alpha value is -1.47. The van der Waals surface area contributed by atoms with Gasteiger partial charge in [-0.15, -0.1) is 0 Å². The monoisotopic (exact) mass is 464 g/mol. The first-order valence-corrected chi connectivity index (χ1v) is 12.5. The highest BCUT2D eigenvalue weighted by Gasteiger charge is 2.51. The molecule has 2 aromatic rings. The Kier molecular flexibility index (Phi) is 8.01. The summed E-state index contributed by atoms with van der Waals surface area (Å²) in [6.45, 7) is 6.58. The lowest BCUT2D eigenvalue weighted by Crippen LogP contribution is -2.68. The molecule has 0 aliphatic carbocycles. The number of hydrogen-bond acceptors (Lipinski definition) is 3. The average molecular weight is 465 g/mol. The van der Waals surface area contributed by atoms with E-state index in [2.05, 4.69) is 61.0 Å². The maximum atomic E-state index is 11.0. The van der Waals surface area contributed by atoms with E-state index in [4.69, 9.17) is 9.53 Å². The summed E-state index contributed by atoms with van der Waals surface area (Å²) < 4.78 is 6.92. The molecular formula is C22H29BrO4Si. The molecule has 0 saturated heterocycles. The summed E-state index contributed by atoms with van der Waals surface area (Å²) >= 11 is 3.51. The molecule has 152 valence electrons. The van der Waals surface area contributed by atoms with Crippen LogP contribution in [-0.2, 0) is 9.22 Å². The normalized spacial score (nSPS) is 14.5. The Morgan fingerprint density at radius 3 is 1.86 bits per heavy atom. The van der Waals surface area contributed by atoms with E-state index in [0.29, 0.717) is 5.33 Å². The number of hydrogen-bond donors (Lipinski definition) is 2. The molecule has 0 amide bonds. The minimum Gasteiger partial charge on any atom is -0.481 e. The zero-order valence-electron chi connectivity index (χ0n) is 16.6. The largest absolute Gasteiger partial charge is 0.481 e. The Morgan fingerprint density at radius 2 is 1.50 bits per heavy atom. The van der Waals surface area contributed by atoms with E-state index in [1.807, 2.05) is 36.4 Å². The number of carbonyl (C=O) groups is 1. The van der Waals surface area contributed by atoms with Crippen LogP contribution in [0.1, 0.15) is 33.6 Å². The highest BCUT2D eigenvalue weighted by Crippen LogP contribution is 2.38. The number of aliphatic hydroxyl groups is 1. The summed E-state index contributed by atoms with van der Waals surface area (Å²) in [5.41, 5.74) is 0. The van der Waals surface area contributed by atoms with Crippen LogP contribution in [-0.4, -0.2) is 42.0 Å². The number of benzene rings is 2. The molecule has 0 saturated carbocycles. The topological polar surface area (TPSA) is 66.8 Å². The standard InChI is InChI=1S/C22H29BrO4Si/c1-22(2,3)28(19-10-6-4-7-11-19,20-12-8-5-9-13-20)27-18(16-23)14-17(24)15-21(25)26/h4-13,17-18,24H,14-16H2,1-3H3,(H,25,26). The van der Waals surface area contributed by atoms with Crippen molar-refractivity contribution in [3.63, 3.8) is 0 Å². The fourth-order valence-electron chi connectivity index (χ4n) is 3.67. The van der Waals surface area contributed by atoms with Crippen molar-refractivity contribution < 1.29 is 19.4 Å². The second-order valence-corrected chi connectivity index (χ2v) is 12.9. The molecule has 0 aromatic heterocycles. The number of alkyl halides is 1. The number of carboxylic acid groups (broad SMARTS) is 1. The van der Waals surface area contributed by atoms with Gasteiger partial charge in [-0.3, -0.25) is 4.79 Å². The highest BCUT2D eigenvalue weighted by atomic mass is 79.9. The third-order valence-corrected chi connectivity index (χ3v) is 10.7. The molecule has 2 N–H and O–H groups in total. The maximum Gasteiger partial charge on any atom is 0.305 e. The van der Waals surface area contributed by atoms with Gasteiger partial charge < -0.3 is 14.6 Å². The number of carboxylic acids is 1. The van der Waals surface area contributed by atoms with E-state index in [1.54, 1.807) is 0 Å². The Labute approximate surface area is 176 Å². The molecule has 28 heavy (non-hydrogen) atoms. The van der Waals surface area contributed by atoms with Crippen LogP contribution in [0, 0.1) is 0 Å². The van der Waals surface area contributed by atoms with Gasteiger partial charge in [0.1, 0.15) is 0 Å². The predicted octanol–water partition coefficient (Wildman–Crippen LogP) is 3.55. The van der Waals surface area contributed by atoms with Crippen molar-refractivity contribution in [3.05, 3.63) is 60.7 Å². The van der Waals surface area contributed by atoms with Crippen molar-refractivity contribution >= 4 is 40.6 Å². The lowest BCUT2D eigenvalue weighted by molar-refractivity contribution is -0.139. The summed E-state index contributed by atoms with van der Waals surface area (Å²) in [7, 11) is -2.73. The molecular weight excluding hydrogens is 436 g/mol. The number of aliphatic hydroxyl groups excluding tert-OH is 1. The summed E-state index contributed by atoms with van der Waals surface area (Å²) in [6.07, 6.45) is -1.27. The molecule has 2 aromatic carbocycles. The van der Waals surface area contributed by atoms with Gasteiger partial charge in [-0.05, 0) is 21.8 Å². The lowest BCUT2D eigenvalue weighted by atomic mass is 10.1. The van der Waals surface area contributed by atoms with Crippen molar-refractivity contribution in [2.75, 3.05) is 5.33 Å². The minimum atomic E-state index is -2.73. The van der Waals surface area contributed by atoms with E-state index in [9.17, 15) is 9.90 Å². The van der Waals surface area contributed by atoms with Gasteiger partial charge in [0.2, 0.25) is 0 Å². The van der Waals surface area contributed by atoms with E-state index >= 15 is 0 Å². The first-order chi connectivity index (χ1) is 13.2. The fourth-order valence-corrected chi connectivity index (χ4v) is 9.01. The third-order valence-electron chi connectivity index (χ3n) is 4.88. The van der Waals surface area contributed by atoms with Crippen molar-refractivity contribution in [1.82, 2.24) is 0 Å². The summed E-state index contributed by atoms with van der Waals surface area (Å²) in [4.78, 5) is 11.0. The maximum absolute atomic E-state index is 11.0. The lowest BCUT2D eigenvalue weighted by Gasteiger charge is -2.45. The van der Waals surface area contributed by atoms with E-state index in [-0.39, 0.29) is 24.0 Å². The first kappa shape index (κ1) is 22.8. The Morgan fingerprint density at radius 1 is 1.04 bits per heavy atom. The molecule has 0 radical (unpaired) electrons. The Bertz CT molecular complexity index is 707. The zero-order chi connectivity index (χ0) is 20.8. The molecule has 0 aliphatic rings. The quantitative estimate of drug-likeness (QED) is 0.439. The molecule has 0 fully saturated rings. The van der Waals surface area contributed by atoms with Crippen molar-refractivity contribution in [1.29, 1.82) is 0 Å². The smallest absolute Gasteiger partial charge is 0.305 e. The second kappa shape index (κ2) is 9.83. The summed E-state index contributed by atoms with van der Waals surface area (Å²) in [6, 6.07) is 20.5. The molecule has 2 rings (SSSR count). The van der Waals surface area contributed by atoms with Gasteiger partial charge in [-0.1, -0.05) is 97.4 Å². The summed E-state index contributed by atoms with van der Waals surface area (Å²) in [5, 5.41) is 21.8. The van der Waals surface area contributed by atoms with Crippen molar-refractivity contribution in [2.45, 2.75) is 50.9 Å². The van der Waals surface area contributed by atoms with Crippen LogP contribution in [0.5, 0.6) is 0 Å². The highest BCUT2D eigenvalue weighted by molar-refractivity contribution is 9.09. The zero-order valence-corrected chi connectivity index (χ0v) is 19.2. The van der Waals surface area contributed by atoms with Crippen LogP contribution in [0.2, 0.25) is 5.04 Å². The molecule has 0 heterocycles. The van der Waals surface area contributed by atoms with Crippen molar-refractivity contribution in [2.24, 2.45) is 0 Å². The average Bonchev–Trinajstić information content (AvgIpc) is 2.65. The van der Waals surface area contributed by atoms with Crippen LogP contribution in [0.3, 0.4) is 0 Å². The van der Waals surface area contributed by atoms with Gasteiger partial charge in [0.15, 0.2) is 0 Å². The van der Waals surface area contributed by atoms with E-state index in [0.717, 1.165) is 10.4 Å². The van der Waals surface area contributed by atoms with Gasteiger partial charge in [-0.25, -0.2) is 0 Å². The van der Waals surface area contributed by atoms with E-state index < -0.39 is 20.4 Å². The third kappa shape index (κ3) is 5.32. The molecule has 6 heteroatoms. The van der Waals surface area contributed by atoms with Crippen LogP contribution in [0.25, 0.3) is 0 Å². The van der Waals surface area contributed by atoms with E-state index in [1.165, 1.54) is 0 Å².